The van der Waals surface area contributed by atoms with Gasteiger partial charge >= 0.3 is 0 Å². The Hall–Kier alpha value is -6.43. The second-order valence-corrected chi connectivity index (χ2v) is 13.7. The Bertz CT molecular complexity index is 2820. The number of hydrogen-bond acceptors (Lipinski definition) is 4. The maximum absolute atomic E-state index is 5.51. The molecule has 0 N–H and O–H groups in total. The molecule has 9 aromatic rings. The normalized spacial score (nSPS) is 12.4. The Balaban J connectivity index is 0.00000410. The minimum absolute atomic E-state index is 0. The van der Waals surface area contributed by atoms with Crippen molar-refractivity contribution >= 4 is 50.6 Å². The fourth-order valence-electron chi connectivity index (χ4n) is 7.81. The van der Waals surface area contributed by atoms with E-state index in [1.165, 1.54) is 0 Å². The molecule has 0 atom stereocenters. The molecule has 0 amide bonds. The smallest absolute Gasteiger partial charge is 0.197 e. The fourth-order valence-corrected chi connectivity index (χ4v) is 7.81. The summed E-state index contributed by atoms with van der Waals surface area (Å²) in [6.45, 7) is 1.73. The van der Waals surface area contributed by atoms with Gasteiger partial charge in [0.05, 0.1) is 17.1 Å². The van der Waals surface area contributed by atoms with Gasteiger partial charge in [-0.1, -0.05) is 109 Å². The molecule has 0 saturated heterocycles. The fraction of sp³-hybridized carbons (Fsp3) is 0.0208. The van der Waals surface area contributed by atoms with E-state index in [2.05, 4.69) is 185 Å². The largest absolute Gasteiger partial charge is 0.510 e. The third kappa shape index (κ3) is 6.24. The van der Waals surface area contributed by atoms with Crippen LogP contribution in [0.15, 0.2) is 182 Å². The quantitative estimate of drug-likeness (QED) is 0.114. The van der Waals surface area contributed by atoms with Crippen molar-refractivity contribution in [2.24, 2.45) is 0 Å². The first-order valence-electron chi connectivity index (χ1n) is 18.4. The van der Waals surface area contributed by atoms with E-state index in [1.54, 1.807) is 0 Å². The number of hydrogen-bond donors (Lipinski definition) is 0. The standard InChI is InChI=1S/C48H34BN6.Pt/c1-52-30-31-53(34-52)40-23-15-20-37(32-40)49(38-27-28-42-41-24-11-12-25-43(41)54(44(42)33-38)45-26-13-14-29-50-45)46-47(35-16-5-2-6-17-35)51-55(39-21-9-4-10-22-39)48(46)36-18-7-3-8-19-36;/h2-31,34H,1H3;/q-3;. The van der Waals surface area contributed by atoms with Crippen LogP contribution in [0.2, 0.25) is 0 Å². The molecule has 3 aromatic heterocycles. The molecule has 8 heteroatoms. The van der Waals surface area contributed by atoms with Crippen LogP contribution in [0.25, 0.3) is 55.8 Å². The molecule has 0 fully saturated rings. The number of para-hydroxylation sites is 2. The van der Waals surface area contributed by atoms with Crippen LogP contribution < -0.4 is 21.3 Å². The topological polar surface area (TPSA) is 42.1 Å². The average molecular weight is 901 g/mol. The van der Waals surface area contributed by atoms with E-state index in [0.717, 1.165) is 77.9 Å². The molecule has 1 aliphatic rings. The van der Waals surface area contributed by atoms with Crippen LogP contribution in [0.3, 0.4) is 0 Å². The van der Waals surface area contributed by atoms with Gasteiger partial charge < -0.3 is 14.4 Å². The van der Waals surface area contributed by atoms with Gasteiger partial charge in [-0.3, -0.25) is 0 Å². The van der Waals surface area contributed by atoms with Crippen LogP contribution in [0.1, 0.15) is 0 Å². The van der Waals surface area contributed by atoms with E-state index in [9.17, 15) is 0 Å². The average Bonchev–Trinajstić information content (AvgIpc) is 3.96. The summed E-state index contributed by atoms with van der Waals surface area (Å²) in [5.41, 5.74) is 11.1. The molecule has 0 saturated carbocycles. The second kappa shape index (κ2) is 15.0. The Morgan fingerprint density at radius 2 is 1.30 bits per heavy atom. The van der Waals surface area contributed by atoms with Gasteiger partial charge in [0.15, 0.2) is 6.71 Å². The van der Waals surface area contributed by atoms with Crippen LogP contribution in [0, 0.1) is 18.8 Å². The van der Waals surface area contributed by atoms with E-state index in [0.29, 0.717) is 0 Å². The Morgan fingerprint density at radius 3 is 2.04 bits per heavy atom. The summed E-state index contributed by atoms with van der Waals surface area (Å²) in [6, 6.07) is 64.9. The molecule has 10 rings (SSSR count). The van der Waals surface area contributed by atoms with Crippen molar-refractivity contribution in [2.75, 3.05) is 11.9 Å². The van der Waals surface area contributed by atoms with E-state index in [-0.39, 0.29) is 27.8 Å². The minimum Gasteiger partial charge on any atom is -0.510 e. The monoisotopic (exact) mass is 900 g/mol. The molecule has 0 bridgehead atoms. The third-order valence-corrected chi connectivity index (χ3v) is 10.3. The van der Waals surface area contributed by atoms with Gasteiger partial charge in [0.2, 0.25) is 0 Å². The molecular formula is C48H34BN6Pt-3. The number of aromatic nitrogens is 4. The third-order valence-electron chi connectivity index (χ3n) is 10.3. The summed E-state index contributed by atoms with van der Waals surface area (Å²) in [5.74, 6) is 0.847. The first kappa shape index (κ1) is 35.3. The molecule has 0 unspecified atom stereocenters. The van der Waals surface area contributed by atoms with E-state index < -0.39 is 0 Å². The molecule has 1 aliphatic heterocycles. The van der Waals surface area contributed by atoms with Crippen LogP contribution in [0.4, 0.5) is 5.69 Å². The zero-order valence-electron chi connectivity index (χ0n) is 30.5. The number of anilines is 1. The van der Waals surface area contributed by atoms with Gasteiger partial charge in [-0.05, 0) is 66.2 Å². The van der Waals surface area contributed by atoms with Gasteiger partial charge in [0.25, 0.3) is 0 Å². The van der Waals surface area contributed by atoms with Crippen molar-refractivity contribution in [3.63, 3.8) is 0 Å². The summed E-state index contributed by atoms with van der Waals surface area (Å²) in [6.07, 6.45) is 5.95. The molecule has 6 aromatic carbocycles. The molecule has 0 spiro atoms. The van der Waals surface area contributed by atoms with Crippen LogP contribution >= 0.6 is 0 Å². The van der Waals surface area contributed by atoms with Crippen molar-refractivity contribution in [3.8, 4) is 34.0 Å². The first-order chi connectivity index (χ1) is 27.2. The molecule has 272 valence electrons. The van der Waals surface area contributed by atoms with Crippen molar-refractivity contribution in [3.05, 3.63) is 201 Å². The number of fused-ring (bicyclic) bond motifs is 3. The zero-order valence-corrected chi connectivity index (χ0v) is 32.7. The zero-order chi connectivity index (χ0) is 36.7. The molecule has 0 aliphatic carbocycles. The van der Waals surface area contributed by atoms with Crippen LogP contribution in [-0.2, 0) is 21.1 Å². The molecule has 0 radical (unpaired) electrons. The van der Waals surface area contributed by atoms with E-state index in [1.807, 2.05) is 42.5 Å². The van der Waals surface area contributed by atoms with Crippen molar-refractivity contribution in [2.45, 2.75) is 0 Å². The predicted octanol–water partition coefficient (Wildman–Crippen LogP) is 8.15. The predicted molar refractivity (Wildman–Crippen MR) is 225 cm³/mol. The molecule has 56 heavy (non-hydrogen) atoms. The molecule has 4 heterocycles. The van der Waals surface area contributed by atoms with Gasteiger partial charge in [-0.15, -0.1) is 11.1 Å². The Morgan fingerprint density at radius 1 is 0.607 bits per heavy atom. The summed E-state index contributed by atoms with van der Waals surface area (Å²) in [7, 11) is 2.03. The first-order valence-corrected chi connectivity index (χ1v) is 18.4. The summed E-state index contributed by atoms with van der Waals surface area (Å²) in [5, 5.41) is 7.78. The Kier molecular flexibility index (Phi) is 9.46. The summed E-state index contributed by atoms with van der Waals surface area (Å²) in [4.78, 5) is 8.97. The number of benzene rings is 6. The van der Waals surface area contributed by atoms with Gasteiger partial charge in [-0.25, -0.2) is 9.67 Å². The SMILES string of the molecule is CN1C=CN(c2[c-]c(B(c3[c-]c4c(cc3)c3ccccc3n4-c3ccccn3)c3c(-c4ccccc4)nn(-c4ccccc4)c3-c3ccccc3)ccc2)[CH-]1.[Pt]. The van der Waals surface area contributed by atoms with Crippen molar-refractivity contribution in [1.29, 1.82) is 0 Å². The number of pyridine rings is 1. The minimum atomic E-state index is -0.327. The van der Waals surface area contributed by atoms with Gasteiger partial charge in [0.1, 0.15) is 5.82 Å². The summed E-state index contributed by atoms with van der Waals surface area (Å²) >= 11 is 0. The maximum Gasteiger partial charge on any atom is 0.197 e. The van der Waals surface area contributed by atoms with Crippen molar-refractivity contribution in [1.82, 2.24) is 24.2 Å². The van der Waals surface area contributed by atoms with E-state index >= 15 is 0 Å². The number of rotatable bonds is 8. The Labute approximate surface area is 341 Å². The second-order valence-electron chi connectivity index (χ2n) is 13.7. The summed E-state index contributed by atoms with van der Waals surface area (Å²) < 4.78 is 4.34. The van der Waals surface area contributed by atoms with Crippen LogP contribution in [0.5, 0.6) is 0 Å². The molecule has 6 nitrogen and oxygen atoms in total. The van der Waals surface area contributed by atoms with Gasteiger partial charge in [0, 0.05) is 38.3 Å². The molecular weight excluding hydrogens is 866 g/mol. The van der Waals surface area contributed by atoms with Gasteiger partial charge in [-0.2, -0.15) is 65.2 Å². The van der Waals surface area contributed by atoms with Crippen LogP contribution in [-0.4, -0.2) is 38.0 Å². The van der Waals surface area contributed by atoms with Crippen molar-refractivity contribution < 1.29 is 21.1 Å². The van der Waals surface area contributed by atoms with E-state index in [4.69, 9.17) is 10.1 Å². The number of nitrogens with zero attached hydrogens (tertiary/aromatic N) is 6. The maximum atomic E-state index is 5.51.